The molecule has 0 fully saturated rings. The Bertz CT molecular complexity index is 1640. The van der Waals surface area contributed by atoms with Crippen LogP contribution in [0.25, 0.3) is 16.7 Å². The first-order valence-corrected chi connectivity index (χ1v) is 10.9. The highest BCUT2D eigenvalue weighted by Gasteiger charge is 2.37. The fourth-order valence-corrected chi connectivity index (χ4v) is 4.57. The first-order valence-electron chi connectivity index (χ1n) is 10.5. The number of rotatable bonds is 4. The molecule has 2 aromatic heterocycles. The van der Waals surface area contributed by atoms with Gasteiger partial charge in [-0.3, -0.25) is 9.13 Å². The largest absolute Gasteiger partial charge is 0.374 e. The van der Waals surface area contributed by atoms with Gasteiger partial charge in [-0.15, -0.1) is 0 Å². The summed E-state index contributed by atoms with van der Waals surface area (Å²) in [7, 11) is 3.51. The van der Waals surface area contributed by atoms with Crippen molar-refractivity contribution in [3.8, 4) is 11.8 Å². The summed E-state index contributed by atoms with van der Waals surface area (Å²) < 4.78 is 4.88. The number of imidazole rings is 2. The van der Waals surface area contributed by atoms with E-state index in [0.717, 1.165) is 0 Å². The van der Waals surface area contributed by atoms with Gasteiger partial charge in [0, 0.05) is 19.1 Å². The van der Waals surface area contributed by atoms with Crippen LogP contribution in [-0.4, -0.2) is 23.8 Å². The molecule has 1 unspecified atom stereocenters. The van der Waals surface area contributed by atoms with Gasteiger partial charge in [-0.1, -0.05) is 35.9 Å². The monoisotopic (exact) mass is 469 g/mol. The number of aliphatic hydroxyl groups is 1. The van der Waals surface area contributed by atoms with E-state index in [2.05, 4.69) is 11.1 Å². The van der Waals surface area contributed by atoms with Crippen LogP contribution in [0.3, 0.4) is 0 Å². The van der Waals surface area contributed by atoms with Gasteiger partial charge < -0.3 is 9.67 Å². The van der Waals surface area contributed by atoms with Gasteiger partial charge in [0.15, 0.2) is 5.60 Å². The van der Waals surface area contributed by atoms with Crippen molar-refractivity contribution in [2.24, 2.45) is 14.1 Å². The van der Waals surface area contributed by atoms with Crippen LogP contribution in [-0.2, 0) is 19.7 Å². The first kappa shape index (κ1) is 21.7. The lowest BCUT2D eigenvalue weighted by atomic mass is 9.83. The van der Waals surface area contributed by atoms with Crippen molar-refractivity contribution in [2.45, 2.75) is 5.60 Å². The zero-order valence-corrected chi connectivity index (χ0v) is 19.2. The summed E-state index contributed by atoms with van der Waals surface area (Å²) in [5.41, 5.74) is 2.31. The van der Waals surface area contributed by atoms with Crippen LogP contribution >= 0.6 is 11.6 Å². The van der Waals surface area contributed by atoms with E-state index in [1.165, 1.54) is 0 Å². The number of hydrogen-bond acceptors (Lipinski definition) is 4. The smallest absolute Gasteiger partial charge is 0.333 e. The summed E-state index contributed by atoms with van der Waals surface area (Å²) in [6, 6.07) is 21.4. The molecule has 1 atom stereocenters. The molecule has 5 aromatic rings. The maximum Gasteiger partial charge on any atom is 0.333 e. The predicted octanol–water partition coefficient (Wildman–Crippen LogP) is 3.87. The molecule has 34 heavy (non-hydrogen) atoms. The molecule has 0 spiro atoms. The fourth-order valence-electron chi connectivity index (χ4n) is 4.39. The number of fused-ring (bicyclic) bond motifs is 1. The lowest BCUT2D eigenvalue weighted by molar-refractivity contribution is 0.117. The number of nitriles is 1. The Kier molecular flexibility index (Phi) is 5.13. The summed E-state index contributed by atoms with van der Waals surface area (Å²) in [5, 5.41) is 22.0. The Labute approximate surface area is 200 Å². The Morgan fingerprint density at radius 1 is 1.00 bits per heavy atom. The SMILES string of the molecule is Cn1cncc1C(O)(c1ccc(C#N)cc1)c1ccc2c(c1)n(-c1cccc(Cl)c1)c(=O)n2C. The van der Waals surface area contributed by atoms with Gasteiger partial charge in [0.25, 0.3) is 0 Å². The average Bonchev–Trinajstić information content (AvgIpc) is 3.39. The zero-order chi connectivity index (χ0) is 24.0. The van der Waals surface area contributed by atoms with E-state index in [1.54, 1.807) is 88.9 Å². The molecular weight excluding hydrogens is 450 g/mol. The van der Waals surface area contributed by atoms with Crippen LogP contribution in [0.4, 0.5) is 0 Å². The van der Waals surface area contributed by atoms with E-state index in [4.69, 9.17) is 11.6 Å². The van der Waals surface area contributed by atoms with Crippen LogP contribution in [0, 0.1) is 11.3 Å². The van der Waals surface area contributed by atoms with E-state index in [-0.39, 0.29) is 5.69 Å². The van der Waals surface area contributed by atoms with Gasteiger partial charge in [-0.25, -0.2) is 9.78 Å². The third-order valence-electron chi connectivity index (χ3n) is 6.16. The summed E-state index contributed by atoms with van der Waals surface area (Å²) in [6.45, 7) is 0. The topological polar surface area (TPSA) is 88.8 Å². The molecule has 0 aliphatic heterocycles. The molecular formula is C26H20ClN5O2. The number of hydrogen-bond donors (Lipinski definition) is 1. The maximum absolute atomic E-state index is 13.2. The molecule has 8 heteroatoms. The number of halogens is 1. The quantitative estimate of drug-likeness (QED) is 0.432. The van der Waals surface area contributed by atoms with Crippen LogP contribution in [0.2, 0.25) is 5.02 Å². The highest BCUT2D eigenvalue weighted by molar-refractivity contribution is 6.30. The van der Waals surface area contributed by atoms with Gasteiger partial charge in [0.1, 0.15) is 0 Å². The van der Waals surface area contributed by atoms with E-state index in [0.29, 0.717) is 44.1 Å². The molecule has 7 nitrogen and oxygen atoms in total. The Balaban J connectivity index is 1.81. The highest BCUT2D eigenvalue weighted by Crippen LogP contribution is 2.38. The lowest BCUT2D eigenvalue weighted by Crippen LogP contribution is -2.31. The molecule has 0 aliphatic carbocycles. The predicted molar refractivity (Wildman–Crippen MR) is 130 cm³/mol. The van der Waals surface area contributed by atoms with Crippen molar-refractivity contribution in [2.75, 3.05) is 0 Å². The Hall–Kier alpha value is -4.12. The Morgan fingerprint density at radius 3 is 2.38 bits per heavy atom. The molecule has 0 aliphatic rings. The van der Waals surface area contributed by atoms with Crippen molar-refractivity contribution >= 4 is 22.6 Å². The van der Waals surface area contributed by atoms with Gasteiger partial charge in [0.05, 0.1) is 46.6 Å². The normalized spacial score (nSPS) is 13.0. The fraction of sp³-hybridized carbons (Fsp3) is 0.115. The van der Waals surface area contributed by atoms with E-state index in [1.807, 2.05) is 18.2 Å². The molecule has 2 heterocycles. The number of nitrogens with zero attached hydrogens (tertiary/aromatic N) is 5. The maximum atomic E-state index is 13.2. The molecule has 0 saturated carbocycles. The third kappa shape index (κ3) is 3.24. The molecule has 0 radical (unpaired) electrons. The van der Waals surface area contributed by atoms with Crippen molar-refractivity contribution in [3.05, 3.63) is 117 Å². The van der Waals surface area contributed by atoms with Crippen LogP contribution in [0.15, 0.2) is 84.0 Å². The second-order valence-corrected chi connectivity index (χ2v) is 8.59. The average molecular weight is 470 g/mol. The van der Waals surface area contributed by atoms with Crippen molar-refractivity contribution in [1.29, 1.82) is 5.26 Å². The molecule has 5 rings (SSSR count). The number of aromatic nitrogens is 4. The Morgan fingerprint density at radius 2 is 1.74 bits per heavy atom. The summed E-state index contributed by atoms with van der Waals surface area (Å²) >= 11 is 6.20. The molecule has 0 bridgehead atoms. The van der Waals surface area contributed by atoms with E-state index >= 15 is 0 Å². The third-order valence-corrected chi connectivity index (χ3v) is 6.39. The van der Waals surface area contributed by atoms with Crippen LogP contribution in [0.1, 0.15) is 22.4 Å². The van der Waals surface area contributed by atoms with Gasteiger partial charge in [-0.05, 0) is 53.6 Å². The van der Waals surface area contributed by atoms with Gasteiger partial charge in [-0.2, -0.15) is 5.26 Å². The van der Waals surface area contributed by atoms with Crippen LogP contribution in [0.5, 0.6) is 0 Å². The number of aryl methyl sites for hydroxylation is 2. The summed E-state index contributed by atoms with van der Waals surface area (Å²) in [6.07, 6.45) is 3.23. The van der Waals surface area contributed by atoms with Crippen molar-refractivity contribution < 1.29 is 5.11 Å². The number of benzene rings is 3. The summed E-state index contributed by atoms with van der Waals surface area (Å²) in [5.74, 6) is 0. The minimum absolute atomic E-state index is 0.225. The summed E-state index contributed by atoms with van der Waals surface area (Å²) in [4.78, 5) is 17.4. The van der Waals surface area contributed by atoms with Crippen molar-refractivity contribution in [3.63, 3.8) is 0 Å². The van der Waals surface area contributed by atoms with E-state index in [9.17, 15) is 15.2 Å². The molecule has 3 aromatic carbocycles. The highest BCUT2D eigenvalue weighted by atomic mass is 35.5. The first-order chi connectivity index (χ1) is 16.3. The molecule has 0 saturated heterocycles. The van der Waals surface area contributed by atoms with Crippen molar-refractivity contribution in [1.82, 2.24) is 18.7 Å². The molecule has 1 N–H and O–H groups in total. The molecule has 168 valence electrons. The lowest BCUT2D eigenvalue weighted by Gasteiger charge is -2.30. The second-order valence-electron chi connectivity index (χ2n) is 8.15. The second kappa shape index (κ2) is 8.03. The van der Waals surface area contributed by atoms with Gasteiger partial charge >= 0.3 is 5.69 Å². The molecule has 0 amide bonds. The van der Waals surface area contributed by atoms with Gasteiger partial charge in [0.2, 0.25) is 0 Å². The van der Waals surface area contributed by atoms with Crippen LogP contribution < -0.4 is 5.69 Å². The standard InChI is InChI=1S/C26H20ClN5O2/c1-30-16-29-15-24(30)26(34,18-8-6-17(14-28)7-9-18)19-10-11-22-23(12-19)32(25(33)31(22)2)21-5-3-4-20(27)13-21/h3-13,15-16,34H,1-2H3. The minimum atomic E-state index is -1.58. The minimum Gasteiger partial charge on any atom is -0.374 e. The van der Waals surface area contributed by atoms with E-state index < -0.39 is 5.60 Å². The zero-order valence-electron chi connectivity index (χ0n) is 18.5.